The largest absolute Gasteiger partial charge is 0.493 e. The van der Waals surface area contributed by atoms with E-state index in [2.05, 4.69) is 4.90 Å². The van der Waals surface area contributed by atoms with Gasteiger partial charge >= 0.3 is 12.1 Å². The standard InChI is InChI=1S/C18H23N3O4S.C2HF3O2/c1-23-14-8-12(9-15(24-2)16(14)25-3)13-10-26-18(20-13)21-6-4-11(5-7-21)17(19)22;3-2(4,5)1(6)7/h8-11H,4-7H2,1-3H3,(H2,19,22);(H,6,7). The minimum Gasteiger partial charge on any atom is -0.493 e. The number of aliphatic carboxylic acids is 1. The zero-order chi connectivity index (χ0) is 24.8. The monoisotopic (exact) mass is 491 g/mol. The summed E-state index contributed by atoms with van der Waals surface area (Å²) >= 11 is 1.58. The highest BCUT2D eigenvalue weighted by Gasteiger charge is 2.38. The number of thiazole rings is 1. The van der Waals surface area contributed by atoms with E-state index in [-0.39, 0.29) is 11.8 Å². The van der Waals surface area contributed by atoms with Crippen LogP contribution in [-0.4, -0.2) is 62.6 Å². The number of piperidine rings is 1. The van der Waals surface area contributed by atoms with Gasteiger partial charge in [-0.15, -0.1) is 11.3 Å². The Morgan fingerprint density at radius 1 is 1.12 bits per heavy atom. The van der Waals surface area contributed by atoms with Gasteiger partial charge in [0.05, 0.1) is 27.0 Å². The summed E-state index contributed by atoms with van der Waals surface area (Å²) < 4.78 is 47.9. The number of carboxylic acid groups (broad SMARTS) is 1. The molecule has 0 bridgehead atoms. The van der Waals surface area contributed by atoms with Gasteiger partial charge in [0.15, 0.2) is 16.6 Å². The van der Waals surface area contributed by atoms with Gasteiger partial charge in [0, 0.05) is 30.0 Å². The molecule has 1 aromatic carbocycles. The van der Waals surface area contributed by atoms with Gasteiger partial charge < -0.3 is 30.0 Å². The molecule has 1 saturated heterocycles. The van der Waals surface area contributed by atoms with Crippen molar-refractivity contribution in [1.82, 2.24) is 4.98 Å². The molecule has 33 heavy (non-hydrogen) atoms. The van der Waals surface area contributed by atoms with Gasteiger partial charge in [0.2, 0.25) is 11.7 Å². The molecule has 3 N–H and O–H groups in total. The summed E-state index contributed by atoms with van der Waals surface area (Å²) in [6.07, 6.45) is -3.54. The molecule has 1 amide bonds. The summed E-state index contributed by atoms with van der Waals surface area (Å²) in [5.74, 6) is -1.24. The SMILES string of the molecule is COc1cc(-c2csc(N3CCC(C(N)=O)CC3)n2)cc(OC)c1OC.O=C(O)C(F)(F)F. The van der Waals surface area contributed by atoms with E-state index in [0.717, 1.165) is 42.3 Å². The maximum Gasteiger partial charge on any atom is 0.490 e. The first-order valence-electron chi connectivity index (χ1n) is 9.62. The van der Waals surface area contributed by atoms with Gasteiger partial charge in [-0.3, -0.25) is 4.79 Å². The normalized spacial score (nSPS) is 14.2. The zero-order valence-electron chi connectivity index (χ0n) is 18.1. The van der Waals surface area contributed by atoms with Gasteiger partial charge in [-0.1, -0.05) is 0 Å². The molecule has 1 fully saturated rings. The lowest BCUT2D eigenvalue weighted by Gasteiger charge is -2.30. The van der Waals surface area contributed by atoms with E-state index in [4.69, 9.17) is 34.8 Å². The van der Waals surface area contributed by atoms with Crippen LogP contribution in [0, 0.1) is 5.92 Å². The van der Waals surface area contributed by atoms with Crippen molar-refractivity contribution in [1.29, 1.82) is 0 Å². The van der Waals surface area contributed by atoms with Crippen LogP contribution in [0.1, 0.15) is 12.8 Å². The molecule has 182 valence electrons. The van der Waals surface area contributed by atoms with E-state index in [1.54, 1.807) is 32.7 Å². The molecular weight excluding hydrogens is 467 g/mol. The molecular formula is C20H24F3N3O6S. The van der Waals surface area contributed by atoms with Gasteiger partial charge in [-0.25, -0.2) is 9.78 Å². The molecule has 1 aliphatic rings. The Morgan fingerprint density at radius 3 is 2.03 bits per heavy atom. The highest BCUT2D eigenvalue weighted by atomic mass is 32.1. The van der Waals surface area contributed by atoms with Crippen molar-refractivity contribution in [2.45, 2.75) is 19.0 Å². The molecule has 2 aromatic rings. The predicted molar refractivity (Wildman–Crippen MR) is 115 cm³/mol. The Hall–Kier alpha value is -3.22. The van der Waals surface area contributed by atoms with Crippen molar-refractivity contribution in [2.24, 2.45) is 11.7 Å². The summed E-state index contributed by atoms with van der Waals surface area (Å²) in [6.45, 7) is 1.58. The van der Waals surface area contributed by atoms with E-state index < -0.39 is 12.1 Å². The lowest BCUT2D eigenvalue weighted by molar-refractivity contribution is -0.192. The van der Waals surface area contributed by atoms with Crippen molar-refractivity contribution in [3.8, 4) is 28.5 Å². The van der Waals surface area contributed by atoms with Gasteiger partial charge in [0.1, 0.15) is 0 Å². The number of anilines is 1. The Morgan fingerprint density at radius 2 is 1.64 bits per heavy atom. The molecule has 9 nitrogen and oxygen atoms in total. The van der Waals surface area contributed by atoms with Gasteiger partial charge in [-0.05, 0) is 25.0 Å². The maximum atomic E-state index is 11.3. The van der Waals surface area contributed by atoms with Crippen LogP contribution < -0.4 is 24.8 Å². The number of carbonyl (C=O) groups is 2. The zero-order valence-corrected chi connectivity index (χ0v) is 19.0. The van der Waals surface area contributed by atoms with E-state index in [0.29, 0.717) is 17.2 Å². The summed E-state index contributed by atoms with van der Waals surface area (Å²) in [5.41, 5.74) is 7.15. The Balaban J connectivity index is 0.000000479. The molecule has 0 radical (unpaired) electrons. The Labute approximate surface area is 191 Å². The number of alkyl halides is 3. The minimum absolute atomic E-state index is 0.0270. The quantitative estimate of drug-likeness (QED) is 0.632. The van der Waals surface area contributed by atoms with Crippen LogP contribution in [0.25, 0.3) is 11.3 Å². The molecule has 13 heteroatoms. The number of hydrogen-bond donors (Lipinski definition) is 2. The third-order valence-corrected chi connectivity index (χ3v) is 5.76. The Kier molecular flexibility index (Phi) is 8.74. The van der Waals surface area contributed by atoms with Gasteiger partial charge in [-0.2, -0.15) is 13.2 Å². The number of halogens is 3. The molecule has 0 saturated carbocycles. The highest BCUT2D eigenvalue weighted by Crippen LogP contribution is 2.42. The number of ether oxygens (including phenoxy) is 3. The van der Waals surface area contributed by atoms with Crippen LogP contribution in [0.4, 0.5) is 18.3 Å². The first-order chi connectivity index (χ1) is 15.5. The predicted octanol–water partition coefficient (Wildman–Crippen LogP) is 3.17. The molecule has 0 spiro atoms. The number of carbonyl (C=O) groups excluding carboxylic acids is 1. The highest BCUT2D eigenvalue weighted by molar-refractivity contribution is 7.14. The van der Waals surface area contributed by atoms with Crippen molar-refractivity contribution in [2.75, 3.05) is 39.3 Å². The van der Waals surface area contributed by atoms with Crippen LogP contribution in [0.3, 0.4) is 0 Å². The van der Waals surface area contributed by atoms with E-state index in [1.807, 2.05) is 17.5 Å². The van der Waals surface area contributed by atoms with Crippen molar-refractivity contribution in [3.63, 3.8) is 0 Å². The van der Waals surface area contributed by atoms with Crippen molar-refractivity contribution in [3.05, 3.63) is 17.5 Å². The minimum atomic E-state index is -5.08. The average molecular weight is 491 g/mol. The average Bonchev–Trinajstić information content (AvgIpc) is 3.28. The molecule has 1 aliphatic heterocycles. The number of benzene rings is 1. The molecule has 0 aliphatic carbocycles. The second-order valence-electron chi connectivity index (χ2n) is 6.90. The summed E-state index contributed by atoms with van der Waals surface area (Å²) in [4.78, 5) is 27.2. The first kappa shape index (κ1) is 26.0. The Bertz CT molecular complexity index is 949. The van der Waals surface area contributed by atoms with E-state index in [9.17, 15) is 18.0 Å². The number of aromatic nitrogens is 1. The number of carboxylic acids is 1. The number of primary amides is 1. The number of nitrogens with zero attached hydrogens (tertiary/aromatic N) is 2. The second-order valence-corrected chi connectivity index (χ2v) is 7.73. The first-order valence-corrected chi connectivity index (χ1v) is 10.5. The number of hydrogen-bond acceptors (Lipinski definition) is 8. The topological polar surface area (TPSA) is 124 Å². The third kappa shape index (κ3) is 6.63. The van der Waals surface area contributed by atoms with Crippen molar-refractivity contribution < 1.29 is 42.1 Å². The smallest absolute Gasteiger partial charge is 0.490 e. The second kappa shape index (κ2) is 11.1. The van der Waals surface area contributed by atoms with Crippen LogP contribution in [0.5, 0.6) is 17.2 Å². The fourth-order valence-corrected chi connectivity index (χ4v) is 4.01. The van der Waals surface area contributed by atoms with Crippen LogP contribution in [0.2, 0.25) is 0 Å². The molecule has 0 atom stereocenters. The lowest BCUT2D eigenvalue weighted by Crippen LogP contribution is -2.38. The number of rotatable bonds is 6. The molecule has 2 heterocycles. The fourth-order valence-electron chi connectivity index (χ4n) is 3.13. The lowest BCUT2D eigenvalue weighted by atomic mass is 9.97. The van der Waals surface area contributed by atoms with E-state index in [1.165, 1.54) is 0 Å². The molecule has 1 aromatic heterocycles. The summed E-state index contributed by atoms with van der Waals surface area (Å²) in [6, 6.07) is 3.78. The third-order valence-electron chi connectivity index (χ3n) is 4.86. The van der Waals surface area contributed by atoms with Crippen LogP contribution >= 0.6 is 11.3 Å². The van der Waals surface area contributed by atoms with Crippen LogP contribution in [-0.2, 0) is 9.59 Å². The number of amides is 1. The maximum absolute atomic E-state index is 11.3. The van der Waals surface area contributed by atoms with Gasteiger partial charge in [0.25, 0.3) is 0 Å². The van der Waals surface area contributed by atoms with Crippen LogP contribution in [0.15, 0.2) is 17.5 Å². The van der Waals surface area contributed by atoms with E-state index >= 15 is 0 Å². The summed E-state index contributed by atoms with van der Waals surface area (Å²) in [5, 5.41) is 10.1. The van der Waals surface area contributed by atoms with Crippen molar-refractivity contribution >= 4 is 28.3 Å². The number of methoxy groups -OCH3 is 3. The molecule has 0 unspecified atom stereocenters. The summed E-state index contributed by atoms with van der Waals surface area (Å²) in [7, 11) is 4.77. The molecule has 3 rings (SSSR count). The number of nitrogens with two attached hydrogens (primary N) is 1. The fraction of sp³-hybridized carbons (Fsp3) is 0.450.